The zero-order valence-corrected chi connectivity index (χ0v) is 9.81. The average molecular weight is 222 g/mol. The van der Waals surface area contributed by atoms with Gasteiger partial charge in [0, 0.05) is 39.5 Å². The fraction of sp³-hybridized carbons (Fsp3) is 0.636. The van der Waals surface area contributed by atoms with Crippen LogP contribution in [-0.4, -0.2) is 43.3 Å². The van der Waals surface area contributed by atoms with Crippen molar-refractivity contribution >= 4 is 11.8 Å². The normalized spacial score (nSPS) is 17.1. The molecule has 0 unspecified atom stereocenters. The Balaban J connectivity index is 2.09. The quantitative estimate of drug-likeness (QED) is 0.831. The molecule has 2 rings (SSSR count). The van der Waals surface area contributed by atoms with Crippen LogP contribution in [0.25, 0.3) is 0 Å². The Kier molecular flexibility index (Phi) is 3.56. The van der Waals surface area contributed by atoms with Crippen LogP contribution in [0.3, 0.4) is 0 Å². The maximum Gasteiger partial charge on any atom is 0.224 e. The maximum atomic E-state index is 5.36. The van der Waals surface area contributed by atoms with E-state index in [2.05, 4.69) is 27.2 Å². The van der Waals surface area contributed by atoms with Gasteiger partial charge in [-0.25, -0.2) is 4.98 Å². The molecule has 1 aliphatic rings. The molecule has 0 spiro atoms. The predicted molar refractivity (Wildman–Crippen MR) is 63.8 cm³/mol. The highest BCUT2D eigenvalue weighted by atomic mass is 16.5. The maximum absolute atomic E-state index is 5.36. The summed E-state index contributed by atoms with van der Waals surface area (Å²) < 4.78 is 5.36. The van der Waals surface area contributed by atoms with Crippen LogP contribution in [0.15, 0.2) is 12.3 Å². The van der Waals surface area contributed by atoms with Gasteiger partial charge in [-0.3, -0.25) is 0 Å². The van der Waals surface area contributed by atoms with Crippen LogP contribution in [0.2, 0.25) is 0 Å². The van der Waals surface area contributed by atoms with Gasteiger partial charge in [0.25, 0.3) is 0 Å². The molecular weight excluding hydrogens is 204 g/mol. The summed E-state index contributed by atoms with van der Waals surface area (Å²) in [6, 6.07) is 2.46. The molecule has 1 fully saturated rings. The van der Waals surface area contributed by atoms with Gasteiger partial charge in [-0.05, 0) is 18.9 Å². The molecule has 1 aromatic heterocycles. The summed E-state index contributed by atoms with van der Waals surface area (Å²) in [6.07, 6.45) is 3.91. The molecule has 0 radical (unpaired) electrons. The largest absolute Gasteiger partial charge is 0.381 e. The lowest BCUT2D eigenvalue weighted by Gasteiger charge is -2.32. The number of rotatable bonds is 3. The Bertz CT molecular complexity index is 339. The first-order valence-electron chi connectivity index (χ1n) is 5.62. The van der Waals surface area contributed by atoms with Crippen LogP contribution in [0, 0.1) is 0 Å². The van der Waals surface area contributed by atoms with Crippen molar-refractivity contribution in [3.63, 3.8) is 0 Å². The molecule has 88 valence electrons. The molecule has 1 aromatic rings. The first kappa shape index (κ1) is 11.1. The molecule has 16 heavy (non-hydrogen) atoms. The summed E-state index contributed by atoms with van der Waals surface area (Å²) in [4.78, 5) is 10.8. The van der Waals surface area contributed by atoms with E-state index in [4.69, 9.17) is 4.74 Å². The van der Waals surface area contributed by atoms with Gasteiger partial charge in [-0.2, -0.15) is 4.98 Å². The molecule has 0 bridgehead atoms. The minimum absolute atomic E-state index is 0.522. The highest BCUT2D eigenvalue weighted by Crippen LogP contribution is 2.19. The molecule has 0 amide bonds. The van der Waals surface area contributed by atoms with Crippen molar-refractivity contribution in [3.8, 4) is 0 Å². The fourth-order valence-electron chi connectivity index (χ4n) is 1.93. The number of anilines is 2. The van der Waals surface area contributed by atoms with Gasteiger partial charge in [0.05, 0.1) is 0 Å². The number of nitrogens with zero attached hydrogens (tertiary/aromatic N) is 3. The lowest BCUT2D eigenvalue weighted by atomic mass is 10.1. The van der Waals surface area contributed by atoms with E-state index in [9.17, 15) is 0 Å². The summed E-state index contributed by atoms with van der Waals surface area (Å²) in [7, 11) is 3.91. The van der Waals surface area contributed by atoms with Crippen LogP contribution < -0.4 is 10.2 Å². The van der Waals surface area contributed by atoms with E-state index in [1.807, 2.05) is 13.1 Å². The van der Waals surface area contributed by atoms with Crippen LogP contribution in [0.1, 0.15) is 12.8 Å². The average Bonchev–Trinajstić information content (AvgIpc) is 2.39. The molecule has 2 heterocycles. The van der Waals surface area contributed by atoms with E-state index in [1.165, 1.54) is 0 Å². The van der Waals surface area contributed by atoms with Crippen molar-refractivity contribution in [2.45, 2.75) is 18.9 Å². The minimum Gasteiger partial charge on any atom is -0.381 e. The van der Waals surface area contributed by atoms with Gasteiger partial charge < -0.3 is 15.0 Å². The van der Waals surface area contributed by atoms with Crippen molar-refractivity contribution in [1.82, 2.24) is 9.97 Å². The molecular formula is C11H18N4O. The van der Waals surface area contributed by atoms with E-state index < -0.39 is 0 Å². The summed E-state index contributed by atoms with van der Waals surface area (Å²) >= 11 is 0. The molecule has 0 saturated carbocycles. The number of hydrogen-bond donors (Lipinski definition) is 1. The highest BCUT2D eigenvalue weighted by molar-refractivity contribution is 5.42. The monoisotopic (exact) mass is 222 g/mol. The topological polar surface area (TPSA) is 50.3 Å². The Morgan fingerprint density at radius 1 is 1.44 bits per heavy atom. The number of aromatic nitrogens is 2. The zero-order valence-electron chi connectivity index (χ0n) is 9.81. The first-order chi connectivity index (χ1) is 7.81. The van der Waals surface area contributed by atoms with Crippen molar-refractivity contribution in [1.29, 1.82) is 0 Å². The third-order valence-corrected chi connectivity index (χ3v) is 2.96. The van der Waals surface area contributed by atoms with Crippen molar-refractivity contribution in [2.75, 3.05) is 37.5 Å². The second-order valence-electron chi connectivity index (χ2n) is 3.94. The SMILES string of the molecule is CNc1nccc(N(C)C2CCOCC2)n1. The predicted octanol–water partition coefficient (Wildman–Crippen LogP) is 1.13. The third kappa shape index (κ3) is 2.41. The van der Waals surface area contributed by atoms with Gasteiger partial charge in [0.2, 0.25) is 5.95 Å². The summed E-state index contributed by atoms with van der Waals surface area (Å²) in [5, 5.41) is 2.95. The summed E-state index contributed by atoms with van der Waals surface area (Å²) in [5.41, 5.74) is 0. The standard InChI is InChI=1S/C11H18N4O/c1-12-11-13-6-3-10(14-11)15(2)9-4-7-16-8-5-9/h3,6,9H,4-5,7-8H2,1-2H3,(H,12,13,14). The second-order valence-corrected chi connectivity index (χ2v) is 3.94. The Morgan fingerprint density at radius 3 is 2.88 bits per heavy atom. The van der Waals surface area contributed by atoms with Crippen LogP contribution in [0.4, 0.5) is 11.8 Å². The van der Waals surface area contributed by atoms with E-state index >= 15 is 0 Å². The minimum atomic E-state index is 0.522. The van der Waals surface area contributed by atoms with E-state index in [0.29, 0.717) is 12.0 Å². The summed E-state index contributed by atoms with van der Waals surface area (Å²) in [6.45, 7) is 1.69. The van der Waals surface area contributed by atoms with Crippen molar-refractivity contribution in [2.24, 2.45) is 0 Å². The molecule has 5 heteroatoms. The van der Waals surface area contributed by atoms with E-state index in [0.717, 1.165) is 31.9 Å². The van der Waals surface area contributed by atoms with Gasteiger partial charge in [0.15, 0.2) is 0 Å². The second kappa shape index (κ2) is 5.12. The van der Waals surface area contributed by atoms with Crippen LogP contribution >= 0.6 is 0 Å². The molecule has 1 aliphatic heterocycles. The molecule has 0 atom stereocenters. The third-order valence-electron chi connectivity index (χ3n) is 2.96. The Hall–Kier alpha value is -1.36. The zero-order chi connectivity index (χ0) is 11.4. The molecule has 1 saturated heterocycles. The smallest absolute Gasteiger partial charge is 0.224 e. The van der Waals surface area contributed by atoms with Crippen molar-refractivity contribution < 1.29 is 4.74 Å². The van der Waals surface area contributed by atoms with Crippen LogP contribution in [0.5, 0.6) is 0 Å². The van der Waals surface area contributed by atoms with Gasteiger partial charge in [-0.1, -0.05) is 0 Å². The van der Waals surface area contributed by atoms with Crippen LogP contribution in [-0.2, 0) is 4.74 Å². The highest BCUT2D eigenvalue weighted by Gasteiger charge is 2.19. The fourth-order valence-corrected chi connectivity index (χ4v) is 1.93. The number of nitrogens with one attached hydrogen (secondary N) is 1. The molecule has 0 aliphatic carbocycles. The number of hydrogen-bond acceptors (Lipinski definition) is 5. The summed E-state index contributed by atoms with van der Waals surface area (Å²) in [5.74, 6) is 1.63. The molecule has 1 N–H and O–H groups in total. The van der Waals surface area contributed by atoms with Gasteiger partial charge in [-0.15, -0.1) is 0 Å². The van der Waals surface area contributed by atoms with Gasteiger partial charge >= 0.3 is 0 Å². The van der Waals surface area contributed by atoms with Gasteiger partial charge in [0.1, 0.15) is 5.82 Å². The van der Waals surface area contributed by atoms with E-state index in [-0.39, 0.29) is 0 Å². The number of ether oxygens (including phenoxy) is 1. The molecule has 5 nitrogen and oxygen atoms in total. The lowest BCUT2D eigenvalue weighted by Crippen LogP contribution is -2.37. The lowest BCUT2D eigenvalue weighted by molar-refractivity contribution is 0.0853. The van der Waals surface area contributed by atoms with Crippen molar-refractivity contribution in [3.05, 3.63) is 12.3 Å². The Morgan fingerprint density at radius 2 is 2.19 bits per heavy atom. The Labute approximate surface area is 95.8 Å². The first-order valence-corrected chi connectivity index (χ1v) is 5.62. The molecule has 0 aromatic carbocycles. The van der Waals surface area contributed by atoms with E-state index in [1.54, 1.807) is 6.20 Å².